The van der Waals surface area contributed by atoms with E-state index in [-0.39, 0.29) is 36.5 Å². The highest BCUT2D eigenvalue weighted by Gasteiger charge is 2.38. The smallest absolute Gasteiger partial charge is 0.416 e. The summed E-state index contributed by atoms with van der Waals surface area (Å²) in [5.74, 6) is -0.546. The van der Waals surface area contributed by atoms with Gasteiger partial charge in [0.15, 0.2) is 0 Å². The second kappa shape index (κ2) is 7.42. The molecular formula is C21H19F3N2O3. The fourth-order valence-corrected chi connectivity index (χ4v) is 3.76. The summed E-state index contributed by atoms with van der Waals surface area (Å²) in [6.07, 6.45) is -3.92. The number of carbonyl (C=O) groups excluding carboxylic acids is 2. The van der Waals surface area contributed by atoms with E-state index in [1.165, 1.54) is 17.0 Å². The summed E-state index contributed by atoms with van der Waals surface area (Å²) < 4.78 is 44.5. The van der Waals surface area contributed by atoms with Crippen LogP contribution in [0, 0.1) is 5.92 Å². The van der Waals surface area contributed by atoms with Crippen molar-refractivity contribution < 1.29 is 27.5 Å². The average molecular weight is 404 g/mol. The van der Waals surface area contributed by atoms with Crippen LogP contribution in [0.2, 0.25) is 0 Å². The minimum absolute atomic E-state index is 0.0348. The van der Waals surface area contributed by atoms with E-state index in [9.17, 15) is 22.8 Å². The van der Waals surface area contributed by atoms with Gasteiger partial charge in [-0.1, -0.05) is 24.3 Å². The monoisotopic (exact) mass is 404 g/mol. The van der Waals surface area contributed by atoms with Crippen molar-refractivity contribution >= 4 is 17.5 Å². The Morgan fingerprint density at radius 1 is 1.14 bits per heavy atom. The van der Waals surface area contributed by atoms with Crippen molar-refractivity contribution in [2.45, 2.75) is 25.1 Å². The molecule has 0 spiro atoms. The Bertz CT molecular complexity index is 945. The predicted octanol–water partition coefficient (Wildman–Crippen LogP) is 3.70. The van der Waals surface area contributed by atoms with Gasteiger partial charge >= 0.3 is 6.18 Å². The van der Waals surface area contributed by atoms with Gasteiger partial charge in [-0.25, -0.2) is 0 Å². The lowest BCUT2D eigenvalue weighted by Crippen LogP contribution is -2.37. The minimum Gasteiger partial charge on any atom is -0.493 e. The SMILES string of the molecule is O=C(N[C@H]1CCOc2ccccc21)[C@@H]1CC(=O)N(c2cccc(C(F)(F)F)c2)C1. The highest BCUT2D eigenvalue weighted by molar-refractivity contribution is 6.00. The van der Waals surface area contributed by atoms with Gasteiger partial charge in [0, 0.05) is 30.6 Å². The molecule has 0 radical (unpaired) electrons. The Hall–Kier alpha value is -3.03. The first-order valence-electron chi connectivity index (χ1n) is 9.32. The van der Waals surface area contributed by atoms with E-state index in [1.807, 2.05) is 24.3 Å². The number of amides is 2. The van der Waals surface area contributed by atoms with Crippen LogP contribution in [-0.4, -0.2) is 25.0 Å². The third kappa shape index (κ3) is 3.92. The molecule has 0 aliphatic carbocycles. The Morgan fingerprint density at radius 3 is 2.72 bits per heavy atom. The van der Waals surface area contributed by atoms with Crippen molar-refractivity contribution in [2.24, 2.45) is 5.92 Å². The molecule has 1 saturated heterocycles. The lowest BCUT2D eigenvalue weighted by atomic mass is 9.99. The summed E-state index contributed by atoms with van der Waals surface area (Å²) >= 11 is 0. The van der Waals surface area contributed by atoms with Crippen molar-refractivity contribution in [1.82, 2.24) is 5.32 Å². The van der Waals surface area contributed by atoms with Crippen molar-refractivity contribution in [3.8, 4) is 5.75 Å². The van der Waals surface area contributed by atoms with Crippen LogP contribution in [0.15, 0.2) is 48.5 Å². The van der Waals surface area contributed by atoms with E-state index in [2.05, 4.69) is 5.32 Å². The Labute approximate surface area is 165 Å². The quantitative estimate of drug-likeness (QED) is 0.849. The summed E-state index contributed by atoms with van der Waals surface area (Å²) in [5.41, 5.74) is 0.206. The summed E-state index contributed by atoms with van der Waals surface area (Å²) in [4.78, 5) is 26.4. The molecule has 1 fully saturated rings. The molecular weight excluding hydrogens is 385 g/mol. The van der Waals surface area contributed by atoms with Gasteiger partial charge in [0.25, 0.3) is 0 Å². The number of nitrogens with zero attached hydrogens (tertiary/aromatic N) is 1. The number of nitrogens with one attached hydrogen (secondary N) is 1. The highest BCUT2D eigenvalue weighted by Crippen LogP contribution is 2.35. The number of para-hydroxylation sites is 1. The van der Waals surface area contributed by atoms with Crippen molar-refractivity contribution in [1.29, 1.82) is 0 Å². The van der Waals surface area contributed by atoms with Crippen LogP contribution < -0.4 is 15.0 Å². The van der Waals surface area contributed by atoms with Crippen LogP contribution in [-0.2, 0) is 15.8 Å². The number of carbonyl (C=O) groups is 2. The van der Waals surface area contributed by atoms with E-state index >= 15 is 0 Å². The number of anilines is 1. The topological polar surface area (TPSA) is 58.6 Å². The maximum atomic E-state index is 13.0. The minimum atomic E-state index is -4.49. The third-order valence-corrected chi connectivity index (χ3v) is 5.26. The molecule has 0 aromatic heterocycles. The number of rotatable bonds is 3. The Balaban J connectivity index is 1.47. The van der Waals surface area contributed by atoms with Crippen LogP contribution >= 0.6 is 0 Å². The van der Waals surface area contributed by atoms with Crippen LogP contribution in [0.25, 0.3) is 0 Å². The molecule has 2 amide bonds. The van der Waals surface area contributed by atoms with E-state index in [0.29, 0.717) is 13.0 Å². The molecule has 2 aromatic carbocycles. The number of ether oxygens (including phenoxy) is 1. The van der Waals surface area contributed by atoms with Gasteiger partial charge in [-0.15, -0.1) is 0 Å². The van der Waals surface area contributed by atoms with Crippen LogP contribution in [0.5, 0.6) is 5.75 Å². The van der Waals surface area contributed by atoms with Crippen LogP contribution in [0.4, 0.5) is 18.9 Å². The Morgan fingerprint density at radius 2 is 1.93 bits per heavy atom. The molecule has 2 heterocycles. The third-order valence-electron chi connectivity index (χ3n) is 5.26. The fraction of sp³-hybridized carbons (Fsp3) is 0.333. The highest BCUT2D eigenvalue weighted by atomic mass is 19.4. The van der Waals surface area contributed by atoms with Crippen LogP contribution in [0.1, 0.15) is 30.0 Å². The molecule has 4 rings (SSSR count). The lowest BCUT2D eigenvalue weighted by molar-refractivity contribution is -0.137. The zero-order valence-electron chi connectivity index (χ0n) is 15.4. The molecule has 2 aliphatic heterocycles. The largest absolute Gasteiger partial charge is 0.493 e. The van der Waals surface area contributed by atoms with Gasteiger partial charge in [-0.2, -0.15) is 13.2 Å². The molecule has 29 heavy (non-hydrogen) atoms. The number of benzene rings is 2. The molecule has 152 valence electrons. The average Bonchev–Trinajstić information content (AvgIpc) is 3.10. The second-order valence-corrected chi connectivity index (χ2v) is 7.19. The molecule has 2 aromatic rings. The summed E-state index contributed by atoms with van der Waals surface area (Å²) in [5, 5.41) is 2.97. The molecule has 5 nitrogen and oxygen atoms in total. The number of fused-ring (bicyclic) bond motifs is 1. The normalized spacial score (nSPS) is 21.5. The summed E-state index contributed by atoms with van der Waals surface area (Å²) in [6.45, 7) is 0.527. The molecule has 2 atom stereocenters. The van der Waals surface area contributed by atoms with Crippen molar-refractivity contribution in [2.75, 3.05) is 18.1 Å². The number of halogens is 3. The zero-order chi connectivity index (χ0) is 20.6. The first-order valence-corrected chi connectivity index (χ1v) is 9.32. The zero-order valence-corrected chi connectivity index (χ0v) is 15.4. The van der Waals surface area contributed by atoms with Crippen molar-refractivity contribution in [3.63, 3.8) is 0 Å². The maximum Gasteiger partial charge on any atom is 0.416 e. The van der Waals surface area contributed by atoms with Crippen molar-refractivity contribution in [3.05, 3.63) is 59.7 Å². The number of hydrogen-bond acceptors (Lipinski definition) is 3. The summed E-state index contributed by atoms with van der Waals surface area (Å²) in [7, 11) is 0. The molecule has 0 unspecified atom stereocenters. The molecule has 0 saturated carbocycles. The molecule has 0 bridgehead atoms. The van der Waals surface area contributed by atoms with Crippen LogP contribution in [0.3, 0.4) is 0 Å². The maximum absolute atomic E-state index is 13.0. The van der Waals surface area contributed by atoms with Gasteiger partial charge in [-0.3, -0.25) is 9.59 Å². The summed E-state index contributed by atoms with van der Waals surface area (Å²) in [6, 6.07) is 11.8. The second-order valence-electron chi connectivity index (χ2n) is 7.19. The number of alkyl halides is 3. The van der Waals surface area contributed by atoms with E-state index in [1.54, 1.807) is 0 Å². The van der Waals surface area contributed by atoms with Gasteiger partial charge < -0.3 is 15.0 Å². The lowest BCUT2D eigenvalue weighted by Gasteiger charge is -2.27. The first-order chi connectivity index (χ1) is 13.8. The van der Waals surface area contributed by atoms with Gasteiger partial charge in [0.1, 0.15) is 5.75 Å². The molecule has 2 aliphatic rings. The standard InChI is InChI=1S/C21H19F3N2O3/c22-21(23,24)14-4-3-5-15(11-14)26-12-13(10-19(26)27)20(28)25-17-8-9-29-18-7-2-1-6-16(17)18/h1-7,11,13,17H,8-10,12H2,(H,25,28)/t13-,17+/m1/s1. The number of hydrogen-bond donors (Lipinski definition) is 1. The van der Waals surface area contributed by atoms with E-state index < -0.39 is 17.7 Å². The first kappa shape index (κ1) is 19.3. The molecule has 8 heteroatoms. The molecule has 1 N–H and O–H groups in total. The Kier molecular flexibility index (Phi) is 4.94. The van der Waals surface area contributed by atoms with E-state index in [0.717, 1.165) is 23.4 Å². The van der Waals surface area contributed by atoms with Gasteiger partial charge in [0.05, 0.1) is 24.1 Å². The van der Waals surface area contributed by atoms with Gasteiger partial charge in [0.2, 0.25) is 11.8 Å². The fourth-order valence-electron chi connectivity index (χ4n) is 3.76. The van der Waals surface area contributed by atoms with Gasteiger partial charge in [-0.05, 0) is 24.3 Å². The van der Waals surface area contributed by atoms with E-state index in [4.69, 9.17) is 4.74 Å². The predicted molar refractivity (Wildman–Crippen MR) is 99.3 cm³/mol.